The quantitative estimate of drug-likeness (QED) is 0.496. The molecular formula is C24H26N2O7. The van der Waals surface area contributed by atoms with Crippen LogP contribution in [-0.2, 0) is 23.9 Å². The second-order valence-electron chi connectivity index (χ2n) is 7.71. The smallest absolute Gasteiger partial charge is 0.407 e. The molecule has 0 radical (unpaired) electrons. The molecule has 0 saturated carbocycles. The fourth-order valence-electron chi connectivity index (χ4n) is 3.80. The molecule has 0 fully saturated rings. The second kappa shape index (κ2) is 10.6. The summed E-state index contributed by atoms with van der Waals surface area (Å²) in [6, 6.07) is 13.5. The molecular weight excluding hydrogens is 428 g/mol. The van der Waals surface area contributed by atoms with Crippen LogP contribution in [0.3, 0.4) is 0 Å². The molecule has 9 heteroatoms. The zero-order valence-electron chi connectivity index (χ0n) is 18.4. The summed E-state index contributed by atoms with van der Waals surface area (Å²) in [5.41, 5.74) is 4.32. The molecule has 1 aliphatic carbocycles. The number of aliphatic carboxylic acids is 1. The number of ether oxygens (including phenoxy) is 2. The number of alkyl carbamates (subject to hydrolysis) is 1. The number of nitrogens with one attached hydrogen (secondary N) is 2. The van der Waals surface area contributed by atoms with Gasteiger partial charge in [-0.2, -0.15) is 0 Å². The van der Waals surface area contributed by atoms with Gasteiger partial charge in [-0.1, -0.05) is 48.5 Å². The molecule has 2 atom stereocenters. The predicted molar refractivity (Wildman–Crippen MR) is 118 cm³/mol. The van der Waals surface area contributed by atoms with Crippen molar-refractivity contribution >= 4 is 23.9 Å². The Balaban J connectivity index is 1.55. The summed E-state index contributed by atoms with van der Waals surface area (Å²) in [6.45, 7) is 1.50. The van der Waals surface area contributed by atoms with E-state index in [2.05, 4.69) is 15.4 Å². The van der Waals surface area contributed by atoms with Crippen LogP contribution in [0.1, 0.15) is 36.8 Å². The SMILES string of the molecule is COC(=O)CC[C@@H](NC(=O)[C@@H](C)NC(=O)OCC1c2ccccc2-c2ccccc21)C(=O)O. The maximum absolute atomic E-state index is 12.3. The Morgan fingerprint density at radius 2 is 1.55 bits per heavy atom. The van der Waals surface area contributed by atoms with Gasteiger partial charge in [0, 0.05) is 12.3 Å². The first-order valence-electron chi connectivity index (χ1n) is 10.5. The van der Waals surface area contributed by atoms with E-state index >= 15 is 0 Å². The van der Waals surface area contributed by atoms with Gasteiger partial charge in [0.1, 0.15) is 18.7 Å². The predicted octanol–water partition coefficient (Wildman–Crippen LogP) is 2.44. The number of amides is 2. The van der Waals surface area contributed by atoms with Gasteiger partial charge in [0.05, 0.1) is 7.11 Å². The Morgan fingerprint density at radius 3 is 2.09 bits per heavy atom. The molecule has 0 heterocycles. The number of carboxylic acids is 1. The molecule has 0 aliphatic heterocycles. The Bertz CT molecular complexity index is 1010. The number of benzene rings is 2. The van der Waals surface area contributed by atoms with E-state index in [1.807, 2.05) is 48.5 Å². The monoisotopic (exact) mass is 454 g/mol. The van der Waals surface area contributed by atoms with E-state index in [9.17, 15) is 24.3 Å². The van der Waals surface area contributed by atoms with Gasteiger partial charge in [-0.3, -0.25) is 9.59 Å². The largest absolute Gasteiger partial charge is 0.480 e. The highest BCUT2D eigenvalue weighted by Gasteiger charge is 2.30. The molecule has 0 bridgehead atoms. The molecule has 2 aromatic rings. The molecule has 2 amide bonds. The van der Waals surface area contributed by atoms with Crippen LogP contribution in [0.25, 0.3) is 11.1 Å². The summed E-state index contributed by atoms with van der Waals surface area (Å²) < 4.78 is 9.88. The van der Waals surface area contributed by atoms with Crippen LogP contribution in [0.15, 0.2) is 48.5 Å². The zero-order chi connectivity index (χ0) is 24.0. The molecule has 1 aliphatic rings. The van der Waals surface area contributed by atoms with Crippen molar-refractivity contribution in [3.8, 4) is 11.1 Å². The van der Waals surface area contributed by atoms with Crippen molar-refractivity contribution in [2.45, 2.75) is 37.8 Å². The number of hydrogen-bond acceptors (Lipinski definition) is 6. The minimum Gasteiger partial charge on any atom is -0.480 e. The number of rotatable bonds is 9. The van der Waals surface area contributed by atoms with Crippen molar-refractivity contribution in [1.29, 1.82) is 0 Å². The average molecular weight is 454 g/mol. The number of carbonyl (C=O) groups excluding carboxylic acids is 3. The van der Waals surface area contributed by atoms with Crippen LogP contribution in [0.4, 0.5) is 4.79 Å². The highest BCUT2D eigenvalue weighted by atomic mass is 16.5. The van der Waals surface area contributed by atoms with Crippen molar-refractivity contribution < 1.29 is 33.8 Å². The normalized spacial score (nSPS) is 13.8. The number of carboxylic acid groups (broad SMARTS) is 1. The van der Waals surface area contributed by atoms with Gasteiger partial charge in [-0.05, 0) is 35.6 Å². The standard InChI is InChI=1S/C24H26N2O7/c1-14(22(28)26-20(23(29)30)11-12-21(27)32-2)25-24(31)33-13-19-17-9-5-3-7-15(17)16-8-4-6-10-18(16)19/h3-10,14,19-20H,11-13H2,1-2H3,(H,25,31)(H,26,28)(H,29,30)/t14-,20-/m1/s1. The van der Waals surface area contributed by atoms with Crippen LogP contribution < -0.4 is 10.6 Å². The van der Waals surface area contributed by atoms with E-state index in [4.69, 9.17) is 4.74 Å². The first kappa shape index (κ1) is 23.8. The van der Waals surface area contributed by atoms with Crippen LogP contribution >= 0.6 is 0 Å². The van der Waals surface area contributed by atoms with Crippen LogP contribution in [0, 0.1) is 0 Å². The van der Waals surface area contributed by atoms with E-state index < -0.39 is 36.0 Å². The molecule has 3 rings (SSSR count). The van der Waals surface area contributed by atoms with Crippen LogP contribution in [-0.4, -0.2) is 54.8 Å². The Hall–Kier alpha value is -3.88. The Kier molecular flexibility index (Phi) is 7.66. The molecule has 0 aromatic heterocycles. The average Bonchev–Trinajstić information content (AvgIpc) is 3.13. The van der Waals surface area contributed by atoms with Crippen molar-refractivity contribution in [2.24, 2.45) is 0 Å². The lowest BCUT2D eigenvalue weighted by atomic mass is 9.98. The maximum atomic E-state index is 12.3. The van der Waals surface area contributed by atoms with E-state index in [1.165, 1.54) is 14.0 Å². The van der Waals surface area contributed by atoms with Gasteiger partial charge in [0.15, 0.2) is 0 Å². The Morgan fingerprint density at radius 1 is 0.970 bits per heavy atom. The third-order valence-electron chi connectivity index (χ3n) is 5.55. The van der Waals surface area contributed by atoms with Crippen molar-refractivity contribution in [1.82, 2.24) is 10.6 Å². The number of fused-ring (bicyclic) bond motifs is 3. The summed E-state index contributed by atoms with van der Waals surface area (Å²) in [6.07, 6.45) is -1.09. The molecule has 9 nitrogen and oxygen atoms in total. The van der Waals surface area contributed by atoms with E-state index in [-0.39, 0.29) is 25.4 Å². The number of esters is 1. The summed E-state index contributed by atoms with van der Waals surface area (Å²) in [7, 11) is 1.19. The second-order valence-corrected chi connectivity index (χ2v) is 7.71. The molecule has 0 saturated heterocycles. The highest BCUT2D eigenvalue weighted by molar-refractivity contribution is 5.89. The number of methoxy groups -OCH3 is 1. The molecule has 3 N–H and O–H groups in total. The third kappa shape index (κ3) is 5.68. The van der Waals surface area contributed by atoms with Gasteiger partial charge in [-0.15, -0.1) is 0 Å². The summed E-state index contributed by atoms with van der Waals surface area (Å²) in [4.78, 5) is 47.2. The molecule has 174 valence electrons. The Labute approximate surface area is 191 Å². The lowest BCUT2D eigenvalue weighted by Gasteiger charge is -2.19. The summed E-state index contributed by atoms with van der Waals surface area (Å²) >= 11 is 0. The summed E-state index contributed by atoms with van der Waals surface area (Å²) in [5, 5.41) is 14.0. The van der Waals surface area contributed by atoms with Gasteiger partial charge in [0.25, 0.3) is 0 Å². The van der Waals surface area contributed by atoms with Crippen molar-refractivity contribution in [2.75, 3.05) is 13.7 Å². The lowest BCUT2D eigenvalue weighted by Crippen LogP contribution is -2.50. The van der Waals surface area contributed by atoms with Crippen LogP contribution in [0.2, 0.25) is 0 Å². The number of carbonyl (C=O) groups is 4. The fourth-order valence-corrected chi connectivity index (χ4v) is 3.80. The van der Waals surface area contributed by atoms with Gasteiger partial charge in [-0.25, -0.2) is 9.59 Å². The van der Waals surface area contributed by atoms with Crippen molar-refractivity contribution in [3.63, 3.8) is 0 Å². The van der Waals surface area contributed by atoms with E-state index in [0.29, 0.717) is 0 Å². The fraction of sp³-hybridized carbons (Fsp3) is 0.333. The maximum Gasteiger partial charge on any atom is 0.407 e. The molecule has 0 unspecified atom stereocenters. The minimum atomic E-state index is -1.29. The van der Waals surface area contributed by atoms with Crippen molar-refractivity contribution in [3.05, 3.63) is 59.7 Å². The lowest BCUT2D eigenvalue weighted by molar-refractivity contribution is -0.144. The highest BCUT2D eigenvalue weighted by Crippen LogP contribution is 2.44. The van der Waals surface area contributed by atoms with E-state index in [1.54, 1.807) is 0 Å². The zero-order valence-corrected chi connectivity index (χ0v) is 18.4. The van der Waals surface area contributed by atoms with Crippen LogP contribution in [0.5, 0.6) is 0 Å². The van der Waals surface area contributed by atoms with E-state index in [0.717, 1.165) is 22.3 Å². The summed E-state index contributed by atoms with van der Waals surface area (Å²) in [5.74, 6) is -2.70. The minimum absolute atomic E-state index is 0.0884. The molecule has 33 heavy (non-hydrogen) atoms. The molecule has 2 aromatic carbocycles. The van der Waals surface area contributed by atoms with Gasteiger partial charge < -0.3 is 25.2 Å². The molecule has 0 spiro atoms. The first-order valence-corrected chi connectivity index (χ1v) is 10.5. The first-order chi connectivity index (χ1) is 15.8. The van der Waals surface area contributed by atoms with Gasteiger partial charge in [0.2, 0.25) is 5.91 Å². The number of hydrogen-bond donors (Lipinski definition) is 3. The van der Waals surface area contributed by atoms with Gasteiger partial charge >= 0.3 is 18.0 Å². The third-order valence-corrected chi connectivity index (χ3v) is 5.55. The topological polar surface area (TPSA) is 131 Å².